The Morgan fingerprint density at radius 1 is 1.89 bits per heavy atom. The topological polar surface area (TPSA) is 66.9 Å². The van der Waals surface area contributed by atoms with E-state index >= 15 is 0 Å². The quantitative estimate of drug-likeness (QED) is 0.410. The van der Waals surface area contributed by atoms with Crippen molar-refractivity contribution in [3.8, 4) is 6.07 Å². The number of nitro groups is 1. The second kappa shape index (κ2) is 2.44. The van der Waals surface area contributed by atoms with Crippen molar-refractivity contribution in [1.29, 1.82) is 5.26 Å². The molecule has 0 aromatic rings. The van der Waals surface area contributed by atoms with Gasteiger partial charge in [-0.1, -0.05) is 6.92 Å². The molecule has 0 aliphatic heterocycles. The van der Waals surface area contributed by atoms with Crippen molar-refractivity contribution in [2.45, 2.75) is 25.8 Å². The predicted molar refractivity (Wildman–Crippen MR) is 31.3 cm³/mol. The molecule has 0 aliphatic rings. The highest BCUT2D eigenvalue weighted by Crippen LogP contribution is 2.10. The van der Waals surface area contributed by atoms with E-state index in [1.54, 1.807) is 13.0 Å². The summed E-state index contributed by atoms with van der Waals surface area (Å²) in [4.78, 5) is 9.50. The lowest BCUT2D eigenvalue weighted by Crippen LogP contribution is -2.31. The Labute approximate surface area is 53.2 Å². The van der Waals surface area contributed by atoms with E-state index in [-0.39, 0.29) is 6.42 Å². The fourth-order valence-electron chi connectivity index (χ4n) is 0.249. The van der Waals surface area contributed by atoms with Gasteiger partial charge in [0.1, 0.15) is 6.07 Å². The Kier molecular flexibility index (Phi) is 2.14. The van der Waals surface area contributed by atoms with E-state index in [2.05, 4.69) is 0 Å². The minimum absolute atomic E-state index is 0.247. The van der Waals surface area contributed by atoms with Crippen LogP contribution in [0, 0.1) is 21.4 Å². The number of nitriles is 1. The van der Waals surface area contributed by atoms with Crippen LogP contribution in [-0.4, -0.2) is 10.5 Å². The van der Waals surface area contributed by atoms with Gasteiger partial charge in [0.25, 0.3) is 0 Å². The van der Waals surface area contributed by atoms with Crippen molar-refractivity contribution in [3.63, 3.8) is 0 Å². The number of hydrogen-bond donors (Lipinski definition) is 0. The maximum Gasteiger partial charge on any atom is 0.302 e. The summed E-state index contributed by atoms with van der Waals surface area (Å²) in [6.07, 6.45) is 0.247. The molecule has 0 radical (unpaired) electrons. The molecule has 0 heterocycles. The molecule has 0 amide bonds. The lowest BCUT2D eigenvalue weighted by Gasteiger charge is -2.07. The van der Waals surface area contributed by atoms with Crippen LogP contribution in [0.15, 0.2) is 0 Å². The van der Waals surface area contributed by atoms with E-state index < -0.39 is 10.5 Å². The Morgan fingerprint density at radius 2 is 2.33 bits per heavy atom. The molecule has 0 aromatic heterocycles. The second-order valence-electron chi connectivity index (χ2n) is 2.00. The van der Waals surface area contributed by atoms with Crippen LogP contribution in [-0.2, 0) is 0 Å². The molecule has 0 saturated heterocycles. The lowest BCUT2D eigenvalue weighted by atomic mass is 10.0. The van der Waals surface area contributed by atoms with Crippen LogP contribution < -0.4 is 0 Å². The zero-order valence-corrected chi connectivity index (χ0v) is 5.42. The molecule has 0 spiro atoms. The maximum absolute atomic E-state index is 10.1. The average Bonchev–Trinajstić information content (AvgIpc) is 1.86. The molecule has 0 aromatic carbocycles. The van der Waals surface area contributed by atoms with Gasteiger partial charge in [-0.2, -0.15) is 5.26 Å². The van der Waals surface area contributed by atoms with Crippen LogP contribution in [0.1, 0.15) is 20.3 Å². The van der Waals surface area contributed by atoms with Crippen molar-refractivity contribution in [2.75, 3.05) is 0 Å². The highest BCUT2D eigenvalue weighted by atomic mass is 16.6. The van der Waals surface area contributed by atoms with Gasteiger partial charge in [-0.15, -0.1) is 0 Å². The fourth-order valence-corrected chi connectivity index (χ4v) is 0.249. The largest absolute Gasteiger partial charge is 0.302 e. The molecule has 0 bridgehead atoms. The van der Waals surface area contributed by atoms with Crippen molar-refractivity contribution >= 4 is 0 Å². The van der Waals surface area contributed by atoms with E-state index in [1.165, 1.54) is 6.92 Å². The summed E-state index contributed by atoms with van der Waals surface area (Å²) in [5.41, 5.74) is -1.39. The third-order valence-electron chi connectivity index (χ3n) is 1.33. The Morgan fingerprint density at radius 3 is 2.33 bits per heavy atom. The normalized spacial score (nSPS) is 15.7. The molecule has 0 fully saturated rings. The lowest BCUT2D eigenvalue weighted by molar-refractivity contribution is -0.547. The molecular weight excluding hydrogens is 120 g/mol. The fraction of sp³-hybridized carbons (Fsp3) is 0.800. The van der Waals surface area contributed by atoms with Crippen LogP contribution in [0.5, 0.6) is 0 Å². The number of nitrogens with zero attached hydrogens (tertiary/aromatic N) is 2. The molecule has 0 rings (SSSR count). The summed E-state index contributed by atoms with van der Waals surface area (Å²) in [5, 5.41) is 18.3. The van der Waals surface area contributed by atoms with Gasteiger partial charge in [-0.05, 0) is 0 Å². The zero-order chi connectivity index (χ0) is 7.49. The van der Waals surface area contributed by atoms with E-state index in [0.717, 1.165) is 0 Å². The first-order chi connectivity index (χ1) is 4.06. The standard InChI is InChI=1S/C5H8N2O2/c1-3-5(2,4-6)7(8)9/h3H2,1-2H3/t5-/m1/s1. The van der Waals surface area contributed by atoms with Crippen LogP contribution >= 0.6 is 0 Å². The molecule has 4 heteroatoms. The van der Waals surface area contributed by atoms with Gasteiger partial charge < -0.3 is 0 Å². The number of hydrogen-bond acceptors (Lipinski definition) is 3. The van der Waals surface area contributed by atoms with Crippen molar-refractivity contribution in [2.24, 2.45) is 0 Å². The molecular formula is C5H8N2O2. The molecule has 0 unspecified atom stereocenters. The minimum atomic E-state index is -1.39. The van der Waals surface area contributed by atoms with Gasteiger partial charge in [-0.3, -0.25) is 10.1 Å². The smallest absolute Gasteiger partial charge is 0.263 e. The zero-order valence-electron chi connectivity index (χ0n) is 5.42. The number of rotatable bonds is 2. The highest BCUT2D eigenvalue weighted by molar-refractivity contribution is 4.95. The summed E-state index contributed by atoms with van der Waals surface area (Å²) in [6, 6.07) is 1.63. The van der Waals surface area contributed by atoms with Gasteiger partial charge in [0.15, 0.2) is 0 Å². The Balaban J connectivity index is 4.33. The minimum Gasteiger partial charge on any atom is -0.263 e. The molecule has 4 nitrogen and oxygen atoms in total. The van der Waals surface area contributed by atoms with Crippen LogP contribution in [0.3, 0.4) is 0 Å². The van der Waals surface area contributed by atoms with Crippen molar-refractivity contribution < 1.29 is 4.92 Å². The summed E-state index contributed by atoms with van der Waals surface area (Å²) < 4.78 is 0. The van der Waals surface area contributed by atoms with Gasteiger partial charge in [0.2, 0.25) is 0 Å². The van der Waals surface area contributed by atoms with E-state index in [1.807, 2.05) is 0 Å². The Bertz CT molecular complexity index is 161. The Hall–Kier alpha value is -1.11. The first kappa shape index (κ1) is 7.89. The molecule has 9 heavy (non-hydrogen) atoms. The highest BCUT2D eigenvalue weighted by Gasteiger charge is 2.34. The third-order valence-corrected chi connectivity index (χ3v) is 1.33. The first-order valence-electron chi connectivity index (χ1n) is 2.62. The molecule has 1 atom stereocenters. The summed E-state index contributed by atoms with van der Waals surface area (Å²) >= 11 is 0. The van der Waals surface area contributed by atoms with Crippen LogP contribution in [0.25, 0.3) is 0 Å². The maximum atomic E-state index is 10.1. The van der Waals surface area contributed by atoms with Crippen LogP contribution in [0.4, 0.5) is 0 Å². The van der Waals surface area contributed by atoms with Gasteiger partial charge in [-0.25, -0.2) is 0 Å². The second-order valence-corrected chi connectivity index (χ2v) is 2.00. The van der Waals surface area contributed by atoms with E-state index in [0.29, 0.717) is 0 Å². The monoisotopic (exact) mass is 128 g/mol. The molecule has 0 saturated carbocycles. The van der Waals surface area contributed by atoms with E-state index in [9.17, 15) is 10.1 Å². The molecule has 50 valence electrons. The van der Waals surface area contributed by atoms with E-state index in [4.69, 9.17) is 5.26 Å². The third kappa shape index (κ3) is 1.39. The summed E-state index contributed by atoms with van der Waals surface area (Å²) in [5.74, 6) is 0. The van der Waals surface area contributed by atoms with Crippen LogP contribution in [0.2, 0.25) is 0 Å². The molecule has 0 N–H and O–H groups in total. The van der Waals surface area contributed by atoms with Gasteiger partial charge in [0.05, 0.1) is 0 Å². The molecule has 0 aliphatic carbocycles. The first-order valence-corrected chi connectivity index (χ1v) is 2.62. The average molecular weight is 128 g/mol. The van der Waals surface area contributed by atoms with Crippen molar-refractivity contribution in [3.05, 3.63) is 10.1 Å². The van der Waals surface area contributed by atoms with Crippen molar-refractivity contribution in [1.82, 2.24) is 0 Å². The van der Waals surface area contributed by atoms with Gasteiger partial charge in [0, 0.05) is 18.3 Å². The summed E-state index contributed by atoms with van der Waals surface area (Å²) in [7, 11) is 0. The summed E-state index contributed by atoms with van der Waals surface area (Å²) in [6.45, 7) is 2.93. The van der Waals surface area contributed by atoms with Gasteiger partial charge >= 0.3 is 5.54 Å². The SMILES string of the molecule is CC[C@](C)(C#N)[N+](=O)[O-]. The predicted octanol–water partition coefficient (Wildman–Crippen LogP) is 0.955.